The minimum absolute atomic E-state index is 0. The molecule has 0 aromatic rings. The van der Waals surface area contributed by atoms with Crippen molar-refractivity contribution in [1.29, 1.82) is 0 Å². The van der Waals surface area contributed by atoms with E-state index in [1.165, 1.54) is 12.8 Å². The first-order chi connectivity index (χ1) is 7.09. The van der Waals surface area contributed by atoms with Gasteiger partial charge in [-0.2, -0.15) is 0 Å². The van der Waals surface area contributed by atoms with Crippen molar-refractivity contribution >= 4 is 30.7 Å². The molecule has 0 bridgehead atoms. The van der Waals surface area contributed by atoms with Crippen molar-refractivity contribution in [2.45, 2.75) is 32.7 Å². The lowest BCUT2D eigenvalue weighted by molar-refractivity contribution is -0.122. The highest BCUT2D eigenvalue weighted by Crippen LogP contribution is 2.14. The van der Waals surface area contributed by atoms with Crippen molar-refractivity contribution < 1.29 is 4.79 Å². The van der Waals surface area contributed by atoms with E-state index in [-0.39, 0.29) is 30.7 Å². The number of rotatable bonds is 4. The van der Waals surface area contributed by atoms with Crippen molar-refractivity contribution in [2.24, 2.45) is 11.7 Å². The second-order valence-electron chi connectivity index (χ2n) is 4.60. The van der Waals surface area contributed by atoms with E-state index in [2.05, 4.69) is 17.1 Å². The second-order valence-corrected chi connectivity index (χ2v) is 4.60. The summed E-state index contributed by atoms with van der Waals surface area (Å²) < 4.78 is 0. The van der Waals surface area contributed by atoms with Crippen molar-refractivity contribution in [1.82, 2.24) is 10.2 Å². The van der Waals surface area contributed by atoms with Gasteiger partial charge in [-0.05, 0) is 38.8 Å². The zero-order valence-corrected chi connectivity index (χ0v) is 12.3. The Morgan fingerprint density at radius 1 is 1.41 bits per heavy atom. The molecule has 1 saturated heterocycles. The fraction of sp³-hybridized carbons (Fsp3) is 0.909. The van der Waals surface area contributed by atoms with Crippen LogP contribution in [-0.4, -0.2) is 43.0 Å². The summed E-state index contributed by atoms with van der Waals surface area (Å²) in [6, 6.07) is -0.397. The van der Waals surface area contributed by atoms with Crippen LogP contribution < -0.4 is 11.1 Å². The van der Waals surface area contributed by atoms with Gasteiger partial charge in [-0.15, -0.1) is 24.8 Å². The Kier molecular flexibility index (Phi) is 11.3. The topological polar surface area (TPSA) is 58.4 Å². The number of likely N-dealkylation sites (tertiary alicyclic amines) is 1. The third-order valence-corrected chi connectivity index (χ3v) is 3.02. The molecule has 1 atom stereocenters. The fourth-order valence-electron chi connectivity index (χ4n) is 1.78. The third-order valence-electron chi connectivity index (χ3n) is 3.02. The first-order valence-corrected chi connectivity index (χ1v) is 5.85. The van der Waals surface area contributed by atoms with E-state index in [9.17, 15) is 4.79 Å². The molecule has 1 heterocycles. The largest absolute Gasteiger partial charge is 0.353 e. The summed E-state index contributed by atoms with van der Waals surface area (Å²) in [5.74, 6) is 0.806. The highest BCUT2D eigenvalue weighted by atomic mass is 35.5. The molecule has 1 aliphatic heterocycles. The zero-order chi connectivity index (χ0) is 11.3. The van der Waals surface area contributed by atoms with E-state index < -0.39 is 6.04 Å². The van der Waals surface area contributed by atoms with E-state index >= 15 is 0 Å². The van der Waals surface area contributed by atoms with Gasteiger partial charge in [0.05, 0.1) is 6.04 Å². The van der Waals surface area contributed by atoms with Crippen LogP contribution in [0.15, 0.2) is 0 Å². The van der Waals surface area contributed by atoms with Gasteiger partial charge in [-0.3, -0.25) is 4.79 Å². The summed E-state index contributed by atoms with van der Waals surface area (Å²) in [5.41, 5.74) is 5.45. The molecule has 0 aromatic heterocycles. The van der Waals surface area contributed by atoms with Gasteiger partial charge in [0.2, 0.25) is 5.91 Å². The Hall–Kier alpha value is -0.0300. The predicted molar refractivity (Wildman–Crippen MR) is 76.0 cm³/mol. The van der Waals surface area contributed by atoms with Crippen LogP contribution in [0.1, 0.15) is 26.7 Å². The highest BCUT2D eigenvalue weighted by molar-refractivity contribution is 5.85. The maximum atomic E-state index is 11.2. The maximum Gasteiger partial charge on any atom is 0.236 e. The number of hydrogen-bond acceptors (Lipinski definition) is 3. The lowest BCUT2D eigenvalue weighted by Gasteiger charge is -2.30. The van der Waals surface area contributed by atoms with E-state index in [4.69, 9.17) is 5.73 Å². The van der Waals surface area contributed by atoms with Crippen molar-refractivity contribution in [3.05, 3.63) is 0 Å². The summed E-state index contributed by atoms with van der Waals surface area (Å²) in [7, 11) is 0. The number of nitrogens with zero attached hydrogens (tertiary/aromatic N) is 1. The van der Waals surface area contributed by atoms with Crippen LogP contribution in [0.25, 0.3) is 0 Å². The number of nitrogens with two attached hydrogens (primary N) is 1. The van der Waals surface area contributed by atoms with Crippen LogP contribution >= 0.6 is 24.8 Å². The average Bonchev–Trinajstić information content (AvgIpc) is 2.20. The molecule has 0 spiro atoms. The summed E-state index contributed by atoms with van der Waals surface area (Å²) in [6.07, 6.45) is 2.56. The minimum atomic E-state index is -0.397. The second kappa shape index (κ2) is 9.95. The normalized spacial score (nSPS) is 18.8. The quantitative estimate of drug-likeness (QED) is 0.811. The number of carbonyl (C=O) groups excluding carboxylic acids is 1. The highest BCUT2D eigenvalue weighted by Gasteiger charge is 2.15. The Bertz CT molecular complexity index is 207. The monoisotopic (exact) mass is 285 g/mol. The number of hydrogen-bond donors (Lipinski definition) is 2. The summed E-state index contributed by atoms with van der Waals surface area (Å²) >= 11 is 0. The molecule has 0 aliphatic carbocycles. The molecular formula is C11H25Cl2N3O. The number of nitrogens with one attached hydrogen (secondary N) is 1. The first kappa shape index (κ1) is 19.3. The Balaban J connectivity index is 0. The van der Waals surface area contributed by atoms with E-state index in [1.807, 2.05) is 0 Å². The lowest BCUT2D eigenvalue weighted by atomic mass is 9.99. The number of piperidine rings is 1. The van der Waals surface area contributed by atoms with Crippen LogP contribution in [0.3, 0.4) is 0 Å². The molecule has 0 saturated carbocycles. The number of carbonyl (C=O) groups is 1. The van der Waals surface area contributed by atoms with Gasteiger partial charge in [-0.25, -0.2) is 0 Å². The van der Waals surface area contributed by atoms with Crippen LogP contribution in [0.5, 0.6) is 0 Å². The molecule has 104 valence electrons. The summed E-state index contributed by atoms with van der Waals surface area (Å²) in [5, 5.41) is 2.84. The van der Waals surface area contributed by atoms with E-state index in [1.54, 1.807) is 6.92 Å². The Morgan fingerprint density at radius 3 is 2.41 bits per heavy atom. The smallest absolute Gasteiger partial charge is 0.236 e. The molecule has 1 fully saturated rings. The molecule has 3 N–H and O–H groups in total. The maximum absolute atomic E-state index is 11.2. The van der Waals surface area contributed by atoms with Crippen LogP contribution in [0.2, 0.25) is 0 Å². The van der Waals surface area contributed by atoms with Gasteiger partial charge >= 0.3 is 0 Å². The molecule has 0 radical (unpaired) electrons. The van der Waals surface area contributed by atoms with Gasteiger partial charge in [0, 0.05) is 13.1 Å². The molecule has 1 amide bonds. The van der Waals surface area contributed by atoms with Crippen LogP contribution in [-0.2, 0) is 4.79 Å². The number of halogens is 2. The predicted octanol–water partition coefficient (Wildman–Crippen LogP) is 1.03. The van der Waals surface area contributed by atoms with Crippen molar-refractivity contribution in [2.75, 3.05) is 26.2 Å². The van der Waals surface area contributed by atoms with E-state index in [0.717, 1.165) is 32.1 Å². The van der Waals surface area contributed by atoms with Crippen molar-refractivity contribution in [3.8, 4) is 0 Å². The first-order valence-electron chi connectivity index (χ1n) is 5.85. The van der Waals surface area contributed by atoms with Gasteiger partial charge < -0.3 is 16.0 Å². The molecule has 17 heavy (non-hydrogen) atoms. The van der Waals surface area contributed by atoms with E-state index in [0.29, 0.717) is 0 Å². The molecule has 4 nitrogen and oxygen atoms in total. The lowest BCUT2D eigenvalue weighted by Crippen LogP contribution is -2.43. The molecule has 1 rings (SSSR count). The summed E-state index contributed by atoms with van der Waals surface area (Å²) in [4.78, 5) is 13.6. The SMILES string of the molecule is CC1CCN(CCNC(=O)C(C)N)CC1.Cl.Cl. The van der Waals surface area contributed by atoms with Gasteiger partial charge in [-0.1, -0.05) is 6.92 Å². The molecule has 0 aromatic carbocycles. The van der Waals surface area contributed by atoms with Crippen LogP contribution in [0, 0.1) is 5.92 Å². The van der Waals surface area contributed by atoms with Gasteiger partial charge in [0.15, 0.2) is 0 Å². The van der Waals surface area contributed by atoms with Crippen molar-refractivity contribution in [3.63, 3.8) is 0 Å². The zero-order valence-electron chi connectivity index (χ0n) is 10.6. The molecule has 1 unspecified atom stereocenters. The van der Waals surface area contributed by atoms with Gasteiger partial charge in [0.1, 0.15) is 0 Å². The fourth-order valence-corrected chi connectivity index (χ4v) is 1.78. The molecule has 6 heteroatoms. The van der Waals surface area contributed by atoms with Crippen LogP contribution in [0.4, 0.5) is 0 Å². The summed E-state index contributed by atoms with van der Waals surface area (Å²) in [6.45, 7) is 8.00. The Morgan fingerprint density at radius 2 is 1.94 bits per heavy atom. The Labute approximate surface area is 117 Å². The van der Waals surface area contributed by atoms with Gasteiger partial charge in [0.25, 0.3) is 0 Å². The number of amides is 1. The third kappa shape index (κ3) is 7.82. The molecule has 1 aliphatic rings. The standard InChI is InChI=1S/C11H23N3O.2ClH/c1-9-3-6-14(7-4-9)8-5-13-11(15)10(2)12;;/h9-10H,3-8,12H2,1-2H3,(H,13,15);2*1H. The molecular weight excluding hydrogens is 261 g/mol. The minimum Gasteiger partial charge on any atom is -0.353 e. The average molecular weight is 286 g/mol.